The predicted molar refractivity (Wildman–Crippen MR) is 86.5 cm³/mol. The minimum absolute atomic E-state index is 0.0368. The van der Waals surface area contributed by atoms with Gasteiger partial charge >= 0.3 is 0 Å². The maximum atomic E-state index is 11.9. The minimum Gasteiger partial charge on any atom is -0.326 e. The van der Waals surface area contributed by atoms with E-state index in [0.717, 1.165) is 16.9 Å². The first-order chi connectivity index (χ1) is 9.93. The standard InChI is InChI=1S/C16H25N3O2/c1-5-15(20)18-13-7-6-8-14(12(13)4)19-16(21)9-10-17-11(2)3/h6-8,11,17H,5,9-10H2,1-4H3,(H,18,20)(H,19,21). The van der Waals surface area contributed by atoms with Crippen molar-refractivity contribution < 1.29 is 9.59 Å². The molecule has 0 radical (unpaired) electrons. The molecule has 116 valence electrons. The number of rotatable bonds is 7. The monoisotopic (exact) mass is 291 g/mol. The molecule has 5 nitrogen and oxygen atoms in total. The Hall–Kier alpha value is -1.88. The smallest absolute Gasteiger partial charge is 0.225 e. The van der Waals surface area contributed by atoms with Crippen LogP contribution in [0.5, 0.6) is 0 Å². The largest absolute Gasteiger partial charge is 0.326 e. The van der Waals surface area contributed by atoms with Gasteiger partial charge in [0.1, 0.15) is 0 Å². The van der Waals surface area contributed by atoms with Gasteiger partial charge in [-0.1, -0.05) is 26.8 Å². The molecule has 0 saturated carbocycles. The molecule has 21 heavy (non-hydrogen) atoms. The molecular formula is C16H25N3O2. The number of nitrogens with one attached hydrogen (secondary N) is 3. The highest BCUT2D eigenvalue weighted by Crippen LogP contribution is 2.23. The number of carbonyl (C=O) groups is 2. The van der Waals surface area contributed by atoms with Crippen LogP contribution in [0.15, 0.2) is 18.2 Å². The zero-order valence-corrected chi connectivity index (χ0v) is 13.2. The molecule has 0 atom stereocenters. The second-order valence-corrected chi connectivity index (χ2v) is 5.29. The first kappa shape index (κ1) is 17.2. The third-order valence-corrected chi connectivity index (χ3v) is 3.11. The lowest BCUT2D eigenvalue weighted by molar-refractivity contribution is -0.116. The summed E-state index contributed by atoms with van der Waals surface area (Å²) >= 11 is 0. The molecule has 1 rings (SSSR count). The van der Waals surface area contributed by atoms with E-state index in [1.165, 1.54) is 0 Å². The number of carbonyl (C=O) groups excluding carboxylic acids is 2. The van der Waals surface area contributed by atoms with Gasteiger partial charge in [-0.3, -0.25) is 9.59 Å². The average molecular weight is 291 g/mol. The molecule has 0 aliphatic heterocycles. The number of benzene rings is 1. The molecule has 5 heteroatoms. The predicted octanol–water partition coefficient (Wildman–Crippen LogP) is 2.67. The van der Waals surface area contributed by atoms with E-state index >= 15 is 0 Å². The van der Waals surface area contributed by atoms with Crippen LogP contribution in [0.2, 0.25) is 0 Å². The van der Waals surface area contributed by atoms with Crippen LogP contribution in [-0.2, 0) is 9.59 Å². The van der Waals surface area contributed by atoms with Crippen molar-refractivity contribution in [3.63, 3.8) is 0 Å². The van der Waals surface area contributed by atoms with Gasteiger partial charge in [-0.05, 0) is 24.6 Å². The quantitative estimate of drug-likeness (QED) is 0.723. The Morgan fingerprint density at radius 1 is 1.10 bits per heavy atom. The van der Waals surface area contributed by atoms with Crippen molar-refractivity contribution in [2.75, 3.05) is 17.2 Å². The summed E-state index contributed by atoms with van der Waals surface area (Å²) in [5.74, 6) is -0.0760. The van der Waals surface area contributed by atoms with E-state index in [0.29, 0.717) is 25.4 Å². The molecule has 0 saturated heterocycles. The molecule has 1 aromatic rings. The van der Waals surface area contributed by atoms with Crippen LogP contribution in [0.1, 0.15) is 39.2 Å². The van der Waals surface area contributed by atoms with E-state index in [-0.39, 0.29) is 11.8 Å². The van der Waals surface area contributed by atoms with Crippen molar-refractivity contribution in [2.45, 2.75) is 46.6 Å². The first-order valence-electron chi connectivity index (χ1n) is 7.36. The fourth-order valence-corrected chi connectivity index (χ4v) is 1.83. The molecule has 0 aromatic heterocycles. The van der Waals surface area contributed by atoms with E-state index in [9.17, 15) is 9.59 Å². The Kier molecular flexibility index (Phi) is 6.88. The van der Waals surface area contributed by atoms with Gasteiger partial charge < -0.3 is 16.0 Å². The third-order valence-electron chi connectivity index (χ3n) is 3.11. The highest BCUT2D eigenvalue weighted by atomic mass is 16.2. The lowest BCUT2D eigenvalue weighted by Crippen LogP contribution is -2.27. The highest BCUT2D eigenvalue weighted by Gasteiger charge is 2.09. The summed E-state index contributed by atoms with van der Waals surface area (Å²) in [6.45, 7) is 8.42. The molecule has 0 aliphatic rings. The maximum Gasteiger partial charge on any atom is 0.225 e. The number of hydrogen-bond donors (Lipinski definition) is 3. The summed E-state index contributed by atoms with van der Waals surface area (Å²) < 4.78 is 0. The van der Waals surface area contributed by atoms with Crippen LogP contribution in [-0.4, -0.2) is 24.4 Å². The summed E-state index contributed by atoms with van der Waals surface area (Å²) in [5, 5.41) is 8.92. The molecule has 0 fully saturated rings. The van der Waals surface area contributed by atoms with Crippen LogP contribution in [0.4, 0.5) is 11.4 Å². The van der Waals surface area contributed by atoms with Crippen LogP contribution in [0.3, 0.4) is 0 Å². The molecule has 0 heterocycles. The highest BCUT2D eigenvalue weighted by molar-refractivity contribution is 5.95. The second-order valence-electron chi connectivity index (χ2n) is 5.29. The van der Waals surface area contributed by atoms with Gasteiger partial charge in [0, 0.05) is 36.8 Å². The van der Waals surface area contributed by atoms with Crippen molar-refractivity contribution in [1.82, 2.24) is 5.32 Å². The SMILES string of the molecule is CCC(=O)Nc1cccc(NC(=O)CCNC(C)C)c1C. The fourth-order valence-electron chi connectivity index (χ4n) is 1.83. The van der Waals surface area contributed by atoms with Crippen LogP contribution in [0, 0.1) is 6.92 Å². The topological polar surface area (TPSA) is 70.2 Å². The Balaban J connectivity index is 2.64. The van der Waals surface area contributed by atoms with E-state index in [4.69, 9.17) is 0 Å². The van der Waals surface area contributed by atoms with Crippen molar-refractivity contribution in [3.8, 4) is 0 Å². The van der Waals surface area contributed by atoms with Gasteiger partial charge in [0.05, 0.1) is 0 Å². The molecule has 1 aromatic carbocycles. The Morgan fingerprint density at radius 2 is 1.67 bits per heavy atom. The second kappa shape index (κ2) is 8.42. The normalized spacial score (nSPS) is 10.5. The van der Waals surface area contributed by atoms with Gasteiger partial charge in [-0.25, -0.2) is 0 Å². The maximum absolute atomic E-state index is 11.9. The molecule has 2 amide bonds. The van der Waals surface area contributed by atoms with E-state index < -0.39 is 0 Å². The van der Waals surface area contributed by atoms with Gasteiger partial charge in [0.15, 0.2) is 0 Å². The van der Waals surface area contributed by atoms with Gasteiger partial charge in [-0.2, -0.15) is 0 Å². The lowest BCUT2D eigenvalue weighted by Gasteiger charge is -2.13. The molecule has 0 bridgehead atoms. The van der Waals surface area contributed by atoms with Crippen molar-refractivity contribution in [3.05, 3.63) is 23.8 Å². The van der Waals surface area contributed by atoms with Crippen LogP contribution >= 0.6 is 0 Å². The van der Waals surface area contributed by atoms with Gasteiger partial charge in [0.2, 0.25) is 11.8 Å². The molecule has 0 spiro atoms. The summed E-state index contributed by atoms with van der Waals surface area (Å²) in [6.07, 6.45) is 0.847. The molecule has 0 aliphatic carbocycles. The Morgan fingerprint density at radius 3 is 2.19 bits per heavy atom. The Bertz CT molecular complexity index is 498. The van der Waals surface area contributed by atoms with E-state index in [1.54, 1.807) is 6.92 Å². The van der Waals surface area contributed by atoms with Crippen LogP contribution < -0.4 is 16.0 Å². The molecule has 0 unspecified atom stereocenters. The summed E-state index contributed by atoms with van der Waals surface area (Å²) in [5.41, 5.74) is 2.34. The summed E-state index contributed by atoms with van der Waals surface area (Å²) in [6, 6.07) is 5.86. The summed E-state index contributed by atoms with van der Waals surface area (Å²) in [4.78, 5) is 23.4. The van der Waals surface area contributed by atoms with Crippen molar-refractivity contribution >= 4 is 23.2 Å². The zero-order valence-electron chi connectivity index (χ0n) is 13.2. The molecule has 3 N–H and O–H groups in total. The van der Waals surface area contributed by atoms with Gasteiger partial charge in [-0.15, -0.1) is 0 Å². The van der Waals surface area contributed by atoms with Gasteiger partial charge in [0.25, 0.3) is 0 Å². The van der Waals surface area contributed by atoms with E-state index in [1.807, 2.05) is 39.0 Å². The number of hydrogen-bond acceptors (Lipinski definition) is 3. The first-order valence-corrected chi connectivity index (χ1v) is 7.36. The molecular weight excluding hydrogens is 266 g/mol. The lowest BCUT2D eigenvalue weighted by atomic mass is 10.1. The van der Waals surface area contributed by atoms with Crippen molar-refractivity contribution in [1.29, 1.82) is 0 Å². The Labute approximate surface area is 126 Å². The number of amides is 2. The summed E-state index contributed by atoms with van der Waals surface area (Å²) in [7, 11) is 0. The van der Waals surface area contributed by atoms with E-state index in [2.05, 4.69) is 16.0 Å². The average Bonchev–Trinajstić information content (AvgIpc) is 2.42. The minimum atomic E-state index is -0.0392. The zero-order chi connectivity index (χ0) is 15.8. The third kappa shape index (κ3) is 5.95. The van der Waals surface area contributed by atoms with Crippen molar-refractivity contribution in [2.24, 2.45) is 0 Å². The number of anilines is 2. The fraction of sp³-hybridized carbons (Fsp3) is 0.500. The van der Waals surface area contributed by atoms with Crippen LogP contribution in [0.25, 0.3) is 0 Å².